The number of fused-ring (bicyclic) bond motifs is 1. The van der Waals surface area contributed by atoms with E-state index in [1.807, 2.05) is 49.4 Å². The molecule has 0 radical (unpaired) electrons. The van der Waals surface area contributed by atoms with E-state index in [1.165, 1.54) is 0 Å². The van der Waals surface area contributed by atoms with Gasteiger partial charge in [0.05, 0.1) is 22.7 Å². The van der Waals surface area contributed by atoms with Gasteiger partial charge >= 0.3 is 0 Å². The van der Waals surface area contributed by atoms with Crippen LogP contribution in [0, 0.1) is 0 Å². The van der Waals surface area contributed by atoms with Crippen molar-refractivity contribution in [2.45, 2.75) is 6.92 Å². The van der Waals surface area contributed by atoms with Crippen LogP contribution in [0.3, 0.4) is 0 Å². The van der Waals surface area contributed by atoms with Crippen molar-refractivity contribution in [1.82, 2.24) is 9.97 Å². The molecule has 3 nitrogen and oxygen atoms in total. The van der Waals surface area contributed by atoms with E-state index < -0.39 is 0 Å². The van der Waals surface area contributed by atoms with Gasteiger partial charge in [0, 0.05) is 5.56 Å². The van der Waals surface area contributed by atoms with Crippen LogP contribution >= 0.6 is 11.6 Å². The average Bonchev–Trinajstić information content (AvgIpc) is 2.85. The smallest absolute Gasteiger partial charge is 0.138 e. The molecule has 0 aliphatic rings. The zero-order valence-electron chi connectivity index (χ0n) is 10.5. The Hall–Kier alpha value is -2.00. The SMILES string of the molecule is CCOc1ccc(-c2nc3ccccc3[nH]2)cc1Cl. The number of imidazole rings is 1. The van der Waals surface area contributed by atoms with E-state index in [9.17, 15) is 0 Å². The number of benzene rings is 2. The first-order valence-corrected chi connectivity index (χ1v) is 6.53. The molecule has 2 aromatic carbocycles. The number of hydrogen-bond acceptors (Lipinski definition) is 2. The van der Waals surface area contributed by atoms with Crippen molar-refractivity contribution in [3.8, 4) is 17.1 Å². The van der Waals surface area contributed by atoms with Crippen molar-refractivity contribution in [2.24, 2.45) is 0 Å². The summed E-state index contributed by atoms with van der Waals surface area (Å²) < 4.78 is 5.42. The Kier molecular flexibility index (Phi) is 3.13. The molecule has 0 atom stereocenters. The fourth-order valence-electron chi connectivity index (χ4n) is 2.01. The first kappa shape index (κ1) is 12.1. The number of aromatic amines is 1. The number of H-pyrrole nitrogens is 1. The normalized spacial score (nSPS) is 10.8. The summed E-state index contributed by atoms with van der Waals surface area (Å²) in [5, 5.41) is 0.597. The Labute approximate surface area is 116 Å². The summed E-state index contributed by atoms with van der Waals surface area (Å²) in [4.78, 5) is 7.82. The lowest BCUT2D eigenvalue weighted by atomic mass is 10.2. The number of ether oxygens (including phenoxy) is 1. The molecule has 0 bridgehead atoms. The molecule has 0 unspecified atom stereocenters. The molecular formula is C15H13ClN2O. The van der Waals surface area contributed by atoms with Crippen molar-refractivity contribution in [3.63, 3.8) is 0 Å². The van der Waals surface area contributed by atoms with Crippen LogP contribution in [0.1, 0.15) is 6.92 Å². The number of para-hydroxylation sites is 2. The Morgan fingerprint density at radius 2 is 2.05 bits per heavy atom. The minimum absolute atomic E-state index is 0.597. The van der Waals surface area contributed by atoms with E-state index in [1.54, 1.807) is 0 Å². The van der Waals surface area contributed by atoms with Gasteiger partial charge < -0.3 is 9.72 Å². The second kappa shape index (κ2) is 4.94. The predicted molar refractivity (Wildman–Crippen MR) is 77.7 cm³/mol. The van der Waals surface area contributed by atoms with E-state index in [0.717, 1.165) is 22.4 Å². The van der Waals surface area contributed by atoms with Gasteiger partial charge in [-0.05, 0) is 37.3 Å². The average molecular weight is 273 g/mol. The minimum atomic E-state index is 0.597. The molecule has 1 heterocycles. The lowest BCUT2D eigenvalue weighted by molar-refractivity contribution is 0.340. The molecule has 3 rings (SSSR count). The van der Waals surface area contributed by atoms with Crippen molar-refractivity contribution in [1.29, 1.82) is 0 Å². The maximum Gasteiger partial charge on any atom is 0.138 e. The summed E-state index contributed by atoms with van der Waals surface area (Å²) in [5.41, 5.74) is 2.91. The van der Waals surface area contributed by atoms with Gasteiger partial charge in [-0.25, -0.2) is 4.98 Å². The standard InChI is InChI=1S/C15H13ClN2O/c1-2-19-14-8-7-10(9-11(14)16)15-17-12-5-3-4-6-13(12)18-15/h3-9H,2H2,1H3,(H,17,18). The van der Waals surface area contributed by atoms with Crippen molar-refractivity contribution in [3.05, 3.63) is 47.5 Å². The van der Waals surface area contributed by atoms with Gasteiger partial charge in [0.2, 0.25) is 0 Å². The van der Waals surface area contributed by atoms with Crippen LogP contribution in [0.25, 0.3) is 22.4 Å². The highest BCUT2D eigenvalue weighted by molar-refractivity contribution is 6.32. The molecule has 96 valence electrons. The highest BCUT2D eigenvalue weighted by Crippen LogP contribution is 2.30. The van der Waals surface area contributed by atoms with Crippen molar-refractivity contribution < 1.29 is 4.74 Å². The highest BCUT2D eigenvalue weighted by Gasteiger charge is 2.08. The number of hydrogen-bond donors (Lipinski definition) is 1. The van der Waals surface area contributed by atoms with E-state index in [0.29, 0.717) is 17.4 Å². The first-order chi connectivity index (χ1) is 9.28. The molecule has 0 saturated carbocycles. The second-order valence-electron chi connectivity index (χ2n) is 4.18. The maximum absolute atomic E-state index is 6.19. The molecule has 1 aromatic heterocycles. The van der Waals surface area contributed by atoms with E-state index >= 15 is 0 Å². The minimum Gasteiger partial charge on any atom is -0.492 e. The van der Waals surface area contributed by atoms with Gasteiger partial charge in [0.25, 0.3) is 0 Å². The van der Waals surface area contributed by atoms with Gasteiger partial charge in [-0.15, -0.1) is 0 Å². The molecule has 0 amide bonds. The number of nitrogens with zero attached hydrogens (tertiary/aromatic N) is 1. The largest absolute Gasteiger partial charge is 0.492 e. The third kappa shape index (κ3) is 2.29. The molecule has 0 spiro atoms. The molecule has 0 saturated heterocycles. The molecule has 19 heavy (non-hydrogen) atoms. The summed E-state index contributed by atoms with van der Waals surface area (Å²) in [6.45, 7) is 2.53. The Bertz CT molecular complexity index is 688. The van der Waals surface area contributed by atoms with Crippen LogP contribution in [-0.2, 0) is 0 Å². The summed E-state index contributed by atoms with van der Waals surface area (Å²) in [7, 11) is 0. The van der Waals surface area contributed by atoms with Crippen LogP contribution in [0.2, 0.25) is 5.02 Å². The number of rotatable bonds is 3. The first-order valence-electron chi connectivity index (χ1n) is 6.15. The molecule has 1 N–H and O–H groups in total. The topological polar surface area (TPSA) is 37.9 Å². The Morgan fingerprint density at radius 3 is 2.79 bits per heavy atom. The zero-order valence-corrected chi connectivity index (χ0v) is 11.2. The van der Waals surface area contributed by atoms with Crippen LogP contribution < -0.4 is 4.74 Å². The lowest BCUT2D eigenvalue weighted by Gasteiger charge is -2.06. The van der Waals surface area contributed by atoms with E-state index in [-0.39, 0.29) is 0 Å². The summed E-state index contributed by atoms with van der Waals surface area (Å²) in [5.74, 6) is 1.51. The third-order valence-electron chi connectivity index (χ3n) is 2.89. The molecule has 0 aliphatic heterocycles. The van der Waals surface area contributed by atoms with Crippen molar-refractivity contribution >= 4 is 22.6 Å². The van der Waals surface area contributed by atoms with Gasteiger partial charge in [-0.1, -0.05) is 23.7 Å². The Morgan fingerprint density at radius 1 is 1.21 bits per heavy atom. The number of halogens is 1. The third-order valence-corrected chi connectivity index (χ3v) is 3.19. The second-order valence-corrected chi connectivity index (χ2v) is 4.59. The van der Waals surface area contributed by atoms with Gasteiger partial charge in [-0.3, -0.25) is 0 Å². The van der Waals surface area contributed by atoms with Crippen LogP contribution in [0.15, 0.2) is 42.5 Å². The lowest BCUT2D eigenvalue weighted by Crippen LogP contribution is -1.92. The Balaban J connectivity index is 2.03. The predicted octanol–water partition coefficient (Wildman–Crippen LogP) is 4.28. The van der Waals surface area contributed by atoms with Gasteiger partial charge in [0.1, 0.15) is 11.6 Å². The number of aromatic nitrogens is 2. The summed E-state index contributed by atoms with van der Waals surface area (Å²) >= 11 is 6.19. The molecule has 3 aromatic rings. The quantitative estimate of drug-likeness (QED) is 0.773. The monoisotopic (exact) mass is 272 g/mol. The van der Waals surface area contributed by atoms with Crippen LogP contribution in [0.5, 0.6) is 5.75 Å². The van der Waals surface area contributed by atoms with E-state index in [4.69, 9.17) is 16.3 Å². The van der Waals surface area contributed by atoms with Crippen LogP contribution in [-0.4, -0.2) is 16.6 Å². The summed E-state index contributed by atoms with van der Waals surface area (Å²) in [6.07, 6.45) is 0. The molecular weight excluding hydrogens is 260 g/mol. The molecule has 0 fully saturated rings. The molecule has 4 heteroatoms. The fraction of sp³-hybridized carbons (Fsp3) is 0.133. The highest BCUT2D eigenvalue weighted by atomic mass is 35.5. The van der Waals surface area contributed by atoms with Crippen molar-refractivity contribution in [2.75, 3.05) is 6.61 Å². The van der Waals surface area contributed by atoms with Crippen LogP contribution in [0.4, 0.5) is 0 Å². The molecule has 0 aliphatic carbocycles. The zero-order chi connectivity index (χ0) is 13.2. The maximum atomic E-state index is 6.19. The van der Waals surface area contributed by atoms with E-state index in [2.05, 4.69) is 9.97 Å². The number of nitrogens with one attached hydrogen (secondary N) is 1. The van der Waals surface area contributed by atoms with Gasteiger partial charge in [0.15, 0.2) is 0 Å². The fourth-order valence-corrected chi connectivity index (χ4v) is 2.25. The summed E-state index contributed by atoms with van der Waals surface area (Å²) in [6, 6.07) is 13.6. The van der Waals surface area contributed by atoms with Gasteiger partial charge in [-0.2, -0.15) is 0 Å².